The van der Waals surface area contributed by atoms with Gasteiger partial charge in [0.2, 0.25) is 0 Å². The fraction of sp³-hybridized carbons (Fsp3) is 1.00. The Labute approximate surface area is 88.7 Å². The van der Waals surface area contributed by atoms with Crippen LogP contribution in [0.4, 0.5) is 0 Å². The van der Waals surface area contributed by atoms with Gasteiger partial charge in [-0.2, -0.15) is 0 Å². The van der Waals surface area contributed by atoms with Crippen molar-refractivity contribution in [2.24, 2.45) is 5.41 Å². The molecule has 0 bridgehead atoms. The van der Waals surface area contributed by atoms with Gasteiger partial charge in [0, 0.05) is 6.61 Å². The average molecular weight is 202 g/mol. The van der Waals surface area contributed by atoms with Gasteiger partial charge in [0.25, 0.3) is 0 Å². The summed E-state index contributed by atoms with van der Waals surface area (Å²) in [5.74, 6) is 0. The molecule has 1 atom stereocenters. The summed E-state index contributed by atoms with van der Waals surface area (Å²) in [6.45, 7) is 13.1. The fourth-order valence-electron chi connectivity index (χ4n) is 2.10. The molecular formula is C12H26O2. The van der Waals surface area contributed by atoms with Gasteiger partial charge in [-0.25, -0.2) is 0 Å². The van der Waals surface area contributed by atoms with E-state index in [9.17, 15) is 0 Å². The molecule has 0 radical (unpaired) electrons. The highest BCUT2D eigenvalue weighted by molar-refractivity contribution is 4.78. The number of aliphatic hydroxyl groups excluding tert-OH is 1. The highest BCUT2D eigenvalue weighted by Crippen LogP contribution is 2.30. The van der Waals surface area contributed by atoms with Crippen LogP contribution in [0, 0.1) is 5.41 Å². The van der Waals surface area contributed by atoms with Crippen LogP contribution >= 0.6 is 0 Å². The van der Waals surface area contributed by atoms with Crippen LogP contribution in [-0.4, -0.2) is 23.4 Å². The Morgan fingerprint density at radius 1 is 1.14 bits per heavy atom. The van der Waals surface area contributed by atoms with Gasteiger partial charge in [0.15, 0.2) is 0 Å². The topological polar surface area (TPSA) is 29.5 Å². The first kappa shape index (κ1) is 13.9. The van der Waals surface area contributed by atoms with Gasteiger partial charge in [-0.15, -0.1) is 0 Å². The molecule has 0 aromatic carbocycles. The summed E-state index contributed by atoms with van der Waals surface area (Å²) in [6.07, 6.45) is 1.88. The van der Waals surface area contributed by atoms with E-state index >= 15 is 0 Å². The van der Waals surface area contributed by atoms with E-state index < -0.39 is 0 Å². The van der Waals surface area contributed by atoms with Crippen LogP contribution in [0.2, 0.25) is 0 Å². The zero-order valence-corrected chi connectivity index (χ0v) is 10.6. The third-order valence-corrected chi connectivity index (χ3v) is 2.01. The zero-order chi connectivity index (χ0) is 11.4. The van der Waals surface area contributed by atoms with Gasteiger partial charge in [-0.1, -0.05) is 20.8 Å². The van der Waals surface area contributed by atoms with E-state index in [2.05, 4.69) is 34.6 Å². The van der Waals surface area contributed by atoms with Crippen molar-refractivity contribution < 1.29 is 9.84 Å². The Morgan fingerprint density at radius 2 is 1.64 bits per heavy atom. The maximum Gasteiger partial charge on any atom is 0.0635 e. The predicted molar refractivity (Wildman–Crippen MR) is 60.4 cm³/mol. The Bertz CT molecular complexity index is 156. The molecule has 14 heavy (non-hydrogen) atoms. The van der Waals surface area contributed by atoms with Crippen molar-refractivity contribution in [3.05, 3.63) is 0 Å². The van der Waals surface area contributed by atoms with Crippen LogP contribution in [-0.2, 0) is 4.74 Å². The summed E-state index contributed by atoms with van der Waals surface area (Å²) >= 11 is 0. The van der Waals surface area contributed by atoms with Crippen molar-refractivity contribution in [2.75, 3.05) is 6.61 Å². The molecule has 0 rings (SSSR count). The quantitative estimate of drug-likeness (QED) is 0.742. The van der Waals surface area contributed by atoms with E-state index in [0.29, 0.717) is 6.42 Å². The molecular weight excluding hydrogens is 176 g/mol. The molecule has 0 saturated carbocycles. The smallest absolute Gasteiger partial charge is 0.0635 e. The second-order valence-corrected chi connectivity index (χ2v) is 5.94. The van der Waals surface area contributed by atoms with Gasteiger partial charge >= 0.3 is 0 Å². The predicted octanol–water partition coefficient (Wildman–Crippen LogP) is 2.99. The fourth-order valence-corrected chi connectivity index (χ4v) is 2.10. The molecule has 0 amide bonds. The van der Waals surface area contributed by atoms with E-state index in [1.54, 1.807) is 0 Å². The second-order valence-electron chi connectivity index (χ2n) is 5.94. The average Bonchev–Trinajstić information content (AvgIpc) is 1.78. The first-order valence-corrected chi connectivity index (χ1v) is 5.45. The van der Waals surface area contributed by atoms with Crippen LogP contribution in [0.3, 0.4) is 0 Å². The second kappa shape index (κ2) is 5.13. The van der Waals surface area contributed by atoms with Crippen LogP contribution in [0.25, 0.3) is 0 Å². The van der Waals surface area contributed by atoms with Gasteiger partial charge in [0.05, 0.1) is 11.7 Å². The molecule has 86 valence electrons. The van der Waals surface area contributed by atoms with E-state index in [0.717, 1.165) is 6.42 Å². The normalized spacial score (nSPS) is 15.6. The summed E-state index contributed by atoms with van der Waals surface area (Å²) in [4.78, 5) is 0. The summed E-state index contributed by atoms with van der Waals surface area (Å²) < 4.78 is 5.89. The number of hydrogen-bond acceptors (Lipinski definition) is 2. The molecule has 1 unspecified atom stereocenters. The molecule has 0 heterocycles. The monoisotopic (exact) mass is 202 g/mol. The minimum Gasteiger partial charge on any atom is -0.396 e. The molecule has 0 aromatic rings. The van der Waals surface area contributed by atoms with E-state index in [1.807, 2.05) is 6.92 Å². The largest absolute Gasteiger partial charge is 0.396 e. The summed E-state index contributed by atoms with van der Waals surface area (Å²) in [6, 6.07) is 0. The first-order chi connectivity index (χ1) is 6.16. The van der Waals surface area contributed by atoms with Crippen molar-refractivity contribution >= 4 is 0 Å². The molecule has 2 heteroatoms. The lowest BCUT2D eigenvalue weighted by atomic mass is 9.83. The first-order valence-electron chi connectivity index (χ1n) is 5.45. The number of hydrogen-bond donors (Lipinski definition) is 1. The maximum atomic E-state index is 8.79. The lowest BCUT2D eigenvalue weighted by Crippen LogP contribution is -2.34. The molecule has 0 fully saturated rings. The molecule has 0 spiro atoms. The molecule has 0 aliphatic rings. The van der Waals surface area contributed by atoms with Crippen LogP contribution in [0.1, 0.15) is 54.4 Å². The van der Waals surface area contributed by atoms with E-state index in [4.69, 9.17) is 9.84 Å². The van der Waals surface area contributed by atoms with Crippen molar-refractivity contribution in [3.63, 3.8) is 0 Å². The molecule has 0 aliphatic carbocycles. The number of ether oxygens (including phenoxy) is 1. The minimum absolute atomic E-state index is 0.104. The van der Waals surface area contributed by atoms with Gasteiger partial charge < -0.3 is 9.84 Å². The Balaban J connectivity index is 4.06. The highest BCUT2D eigenvalue weighted by Gasteiger charge is 2.27. The van der Waals surface area contributed by atoms with Crippen LogP contribution in [0.5, 0.6) is 0 Å². The van der Waals surface area contributed by atoms with Crippen molar-refractivity contribution in [3.8, 4) is 0 Å². The SMILES string of the molecule is CC(CCO)OC(C)(C)CC(C)(C)C. The minimum atomic E-state index is -0.104. The zero-order valence-electron chi connectivity index (χ0n) is 10.6. The van der Waals surface area contributed by atoms with Crippen LogP contribution < -0.4 is 0 Å². The summed E-state index contributed by atoms with van der Waals surface area (Å²) in [5, 5.41) is 8.79. The Kier molecular flexibility index (Phi) is 5.10. The van der Waals surface area contributed by atoms with Gasteiger partial charge in [0.1, 0.15) is 0 Å². The van der Waals surface area contributed by atoms with Gasteiger partial charge in [-0.05, 0) is 39.0 Å². The third-order valence-electron chi connectivity index (χ3n) is 2.01. The van der Waals surface area contributed by atoms with E-state index in [-0.39, 0.29) is 23.7 Å². The van der Waals surface area contributed by atoms with E-state index in [1.165, 1.54) is 0 Å². The van der Waals surface area contributed by atoms with Crippen molar-refractivity contribution in [2.45, 2.75) is 66.1 Å². The molecule has 0 aromatic heterocycles. The number of aliphatic hydroxyl groups is 1. The lowest BCUT2D eigenvalue weighted by Gasteiger charge is -2.34. The standard InChI is InChI=1S/C12H26O2/c1-10(7-8-13)14-12(5,6)9-11(2,3)4/h10,13H,7-9H2,1-6H3. The van der Waals surface area contributed by atoms with Crippen molar-refractivity contribution in [1.29, 1.82) is 0 Å². The lowest BCUT2D eigenvalue weighted by molar-refractivity contribution is -0.0890. The molecule has 0 aliphatic heterocycles. The molecule has 1 N–H and O–H groups in total. The highest BCUT2D eigenvalue weighted by atomic mass is 16.5. The maximum absolute atomic E-state index is 8.79. The summed E-state index contributed by atoms with van der Waals surface area (Å²) in [7, 11) is 0. The Hall–Kier alpha value is -0.0800. The Morgan fingerprint density at radius 3 is 2.00 bits per heavy atom. The van der Waals surface area contributed by atoms with Crippen molar-refractivity contribution in [1.82, 2.24) is 0 Å². The van der Waals surface area contributed by atoms with Crippen LogP contribution in [0.15, 0.2) is 0 Å². The number of rotatable bonds is 5. The third kappa shape index (κ3) is 7.34. The molecule has 0 saturated heterocycles. The summed E-state index contributed by atoms with van der Waals surface area (Å²) in [5.41, 5.74) is 0.176. The molecule has 2 nitrogen and oxygen atoms in total. The van der Waals surface area contributed by atoms with Gasteiger partial charge in [-0.3, -0.25) is 0 Å².